The number of carbonyl (C=O) groups is 2. The van der Waals surface area contributed by atoms with E-state index in [1.165, 1.54) is 5.56 Å². The lowest BCUT2D eigenvalue weighted by Gasteiger charge is -2.19. The molecule has 2 heterocycles. The van der Waals surface area contributed by atoms with E-state index in [1.54, 1.807) is 18.2 Å². The molecule has 168 valence electrons. The largest absolute Gasteiger partial charge is 0.482 e. The van der Waals surface area contributed by atoms with Crippen molar-refractivity contribution >= 4 is 17.5 Å². The van der Waals surface area contributed by atoms with Crippen LogP contribution in [0, 0.1) is 0 Å². The molecule has 1 aromatic heterocycles. The molecule has 3 N–H and O–H groups in total. The highest BCUT2D eigenvalue weighted by Crippen LogP contribution is 2.36. The van der Waals surface area contributed by atoms with E-state index >= 15 is 0 Å². The minimum Gasteiger partial charge on any atom is -0.482 e. The summed E-state index contributed by atoms with van der Waals surface area (Å²) >= 11 is 0. The van der Waals surface area contributed by atoms with Gasteiger partial charge in [0.25, 0.3) is 17.4 Å². The van der Waals surface area contributed by atoms with Gasteiger partial charge in [-0.2, -0.15) is 0 Å². The summed E-state index contributed by atoms with van der Waals surface area (Å²) in [6.45, 7) is 6.63. The van der Waals surface area contributed by atoms with Gasteiger partial charge in [0.05, 0.1) is 16.9 Å². The van der Waals surface area contributed by atoms with Crippen LogP contribution in [-0.2, 0) is 23.2 Å². The van der Waals surface area contributed by atoms with E-state index in [1.807, 2.05) is 12.1 Å². The van der Waals surface area contributed by atoms with Crippen LogP contribution in [-0.4, -0.2) is 28.4 Å². The number of aromatic amines is 1. The lowest BCUT2D eigenvalue weighted by molar-refractivity contribution is -0.118. The van der Waals surface area contributed by atoms with E-state index in [-0.39, 0.29) is 35.9 Å². The summed E-state index contributed by atoms with van der Waals surface area (Å²) in [5, 5.41) is 5.52. The van der Waals surface area contributed by atoms with Crippen molar-refractivity contribution in [1.82, 2.24) is 15.3 Å². The number of hydrogen-bond donors (Lipinski definition) is 3. The Morgan fingerprint density at radius 2 is 1.97 bits per heavy atom. The lowest BCUT2D eigenvalue weighted by Crippen LogP contribution is -2.29. The van der Waals surface area contributed by atoms with Crippen molar-refractivity contribution in [3.05, 3.63) is 75.0 Å². The number of anilines is 1. The molecule has 0 radical (unpaired) electrons. The Morgan fingerprint density at radius 1 is 1.15 bits per heavy atom. The molecule has 1 aliphatic heterocycles. The zero-order valence-electron chi connectivity index (χ0n) is 18.7. The number of ether oxygens (including phenoxy) is 1. The summed E-state index contributed by atoms with van der Waals surface area (Å²) < 4.78 is 5.34. The first-order chi connectivity index (χ1) is 15.7. The van der Waals surface area contributed by atoms with E-state index in [0.717, 1.165) is 16.7 Å². The van der Waals surface area contributed by atoms with Crippen molar-refractivity contribution in [2.45, 2.75) is 39.2 Å². The van der Waals surface area contributed by atoms with Crippen LogP contribution in [0.2, 0.25) is 0 Å². The molecule has 2 amide bonds. The number of amides is 2. The first kappa shape index (κ1) is 20.9. The minimum absolute atomic E-state index is 0.000315. The monoisotopic (exact) mass is 444 g/mol. The van der Waals surface area contributed by atoms with Crippen LogP contribution in [0.3, 0.4) is 0 Å². The number of fused-ring (bicyclic) bond motifs is 4. The Balaban J connectivity index is 1.34. The fraction of sp³-hybridized carbons (Fsp3) is 0.280. The quantitative estimate of drug-likeness (QED) is 0.450. The highest BCUT2D eigenvalue weighted by Gasteiger charge is 2.27. The number of hydrogen-bond acceptors (Lipinski definition) is 5. The molecule has 0 fully saturated rings. The molecule has 0 unspecified atom stereocenters. The van der Waals surface area contributed by atoms with Crippen LogP contribution in [0.4, 0.5) is 5.69 Å². The normalized spacial score (nSPS) is 14.0. The smallest absolute Gasteiger partial charge is 0.287 e. The van der Waals surface area contributed by atoms with Crippen LogP contribution in [0.15, 0.2) is 41.2 Å². The third kappa shape index (κ3) is 3.88. The Kier molecular flexibility index (Phi) is 4.81. The summed E-state index contributed by atoms with van der Waals surface area (Å²) in [6.07, 6.45) is 0.517. The molecule has 1 aliphatic carbocycles. The molecule has 3 aromatic rings. The third-order valence-electron chi connectivity index (χ3n) is 5.94. The highest BCUT2D eigenvalue weighted by molar-refractivity contribution is 5.95. The van der Waals surface area contributed by atoms with E-state index in [4.69, 9.17) is 4.74 Å². The second-order valence-corrected chi connectivity index (χ2v) is 9.38. The summed E-state index contributed by atoms with van der Waals surface area (Å²) in [5.41, 5.74) is 5.28. The molecule has 2 aromatic carbocycles. The van der Waals surface area contributed by atoms with Crippen molar-refractivity contribution in [3.63, 3.8) is 0 Å². The zero-order valence-corrected chi connectivity index (χ0v) is 18.7. The molecular formula is C25H24N4O4. The number of aromatic nitrogens is 2. The molecule has 8 heteroatoms. The number of nitrogens with one attached hydrogen (secondary N) is 3. The summed E-state index contributed by atoms with van der Waals surface area (Å²) in [6, 6.07) is 11.4. The zero-order chi connectivity index (χ0) is 23.3. The van der Waals surface area contributed by atoms with Gasteiger partial charge in [-0.25, -0.2) is 4.98 Å². The van der Waals surface area contributed by atoms with Crippen molar-refractivity contribution < 1.29 is 14.3 Å². The molecule has 0 bridgehead atoms. The molecule has 33 heavy (non-hydrogen) atoms. The first-order valence-electron chi connectivity index (χ1n) is 10.8. The van der Waals surface area contributed by atoms with Crippen molar-refractivity contribution in [2.24, 2.45) is 0 Å². The summed E-state index contributed by atoms with van der Waals surface area (Å²) in [7, 11) is 0. The second kappa shape index (κ2) is 7.58. The van der Waals surface area contributed by atoms with Crippen LogP contribution in [0.25, 0.3) is 11.1 Å². The molecule has 8 nitrogen and oxygen atoms in total. The fourth-order valence-electron chi connectivity index (χ4n) is 4.17. The van der Waals surface area contributed by atoms with Gasteiger partial charge in [-0.1, -0.05) is 45.0 Å². The van der Waals surface area contributed by atoms with Gasteiger partial charge < -0.3 is 20.4 Å². The first-order valence-corrected chi connectivity index (χ1v) is 10.8. The average Bonchev–Trinajstić information content (AvgIpc) is 3.14. The fourth-order valence-corrected chi connectivity index (χ4v) is 4.17. The SMILES string of the molecule is CC(C)(C)c1ccc2c(c1)Cc1nc(C(=O)NCc3ccc4c(c3)NC(=O)CO4)[nH]c(=O)c1-2. The van der Waals surface area contributed by atoms with Gasteiger partial charge in [-0.05, 0) is 39.8 Å². The Hall–Kier alpha value is -3.94. The number of carbonyl (C=O) groups excluding carboxylic acids is 2. The summed E-state index contributed by atoms with van der Waals surface area (Å²) in [5.74, 6) is -0.126. The van der Waals surface area contributed by atoms with Crippen molar-refractivity contribution in [3.8, 4) is 16.9 Å². The average molecular weight is 444 g/mol. The Bertz CT molecular complexity index is 1370. The topological polar surface area (TPSA) is 113 Å². The minimum atomic E-state index is -0.473. The van der Waals surface area contributed by atoms with Crippen LogP contribution < -0.4 is 20.9 Å². The van der Waals surface area contributed by atoms with E-state index in [0.29, 0.717) is 29.1 Å². The summed E-state index contributed by atoms with van der Waals surface area (Å²) in [4.78, 5) is 44.2. The van der Waals surface area contributed by atoms with Gasteiger partial charge >= 0.3 is 0 Å². The molecule has 0 spiro atoms. The predicted octanol–water partition coefficient (Wildman–Crippen LogP) is 2.90. The van der Waals surface area contributed by atoms with Gasteiger partial charge in [0.2, 0.25) is 0 Å². The van der Waals surface area contributed by atoms with Gasteiger partial charge in [-0.15, -0.1) is 0 Å². The number of H-pyrrole nitrogens is 1. The Morgan fingerprint density at radius 3 is 2.76 bits per heavy atom. The highest BCUT2D eigenvalue weighted by atomic mass is 16.5. The maximum Gasteiger partial charge on any atom is 0.287 e. The van der Waals surface area contributed by atoms with Crippen molar-refractivity contribution in [1.29, 1.82) is 0 Å². The van der Waals surface area contributed by atoms with Gasteiger partial charge in [0.15, 0.2) is 12.4 Å². The number of rotatable bonds is 3. The molecule has 0 saturated carbocycles. The maximum absolute atomic E-state index is 12.8. The van der Waals surface area contributed by atoms with E-state index in [9.17, 15) is 14.4 Å². The predicted molar refractivity (Wildman–Crippen MR) is 124 cm³/mol. The van der Waals surface area contributed by atoms with Crippen LogP contribution >= 0.6 is 0 Å². The number of nitrogens with zero attached hydrogens (tertiary/aromatic N) is 1. The molecule has 5 rings (SSSR count). The van der Waals surface area contributed by atoms with Crippen LogP contribution in [0.5, 0.6) is 5.75 Å². The lowest BCUT2D eigenvalue weighted by atomic mass is 9.85. The van der Waals surface area contributed by atoms with E-state index in [2.05, 4.69) is 47.4 Å². The van der Waals surface area contributed by atoms with Gasteiger partial charge in [0, 0.05) is 13.0 Å². The third-order valence-corrected chi connectivity index (χ3v) is 5.94. The number of benzene rings is 2. The molecule has 0 atom stereocenters. The second-order valence-electron chi connectivity index (χ2n) is 9.38. The molecule has 0 saturated heterocycles. The standard InChI is InChI=1S/C25H24N4O4/c1-25(2,3)15-5-6-16-14(9-15)10-18-21(16)23(31)29-22(28-18)24(32)26-11-13-4-7-19-17(8-13)27-20(30)12-33-19/h4-9H,10-12H2,1-3H3,(H,26,32)(H,27,30)(H,28,29,31). The molecular weight excluding hydrogens is 420 g/mol. The molecule has 2 aliphatic rings. The van der Waals surface area contributed by atoms with Crippen LogP contribution in [0.1, 0.15) is 53.8 Å². The van der Waals surface area contributed by atoms with Gasteiger partial charge in [-0.3, -0.25) is 14.4 Å². The van der Waals surface area contributed by atoms with Gasteiger partial charge in [0.1, 0.15) is 5.75 Å². The van der Waals surface area contributed by atoms with E-state index < -0.39 is 5.91 Å². The van der Waals surface area contributed by atoms with Crippen molar-refractivity contribution in [2.75, 3.05) is 11.9 Å². The Labute approximate surface area is 190 Å². The maximum atomic E-state index is 12.8.